The summed E-state index contributed by atoms with van der Waals surface area (Å²) in [6.45, 7) is 0.00177. The largest absolute Gasteiger partial charge is 0.494 e. The fourth-order valence-corrected chi connectivity index (χ4v) is 0.868. The second-order valence-corrected chi connectivity index (χ2v) is 2.28. The number of nitrogens with zero attached hydrogens (tertiary/aromatic N) is 1. The topological polar surface area (TPSA) is 42.4 Å². The van der Waals surface area contributed by atoms with Crippen LogP contribution in [-0.4, -0.2) is 23.8 Å². The van der Waals surface area contributed by atoms with Gasteiger partial charge in [-0.05, 0) is 0 Å². The molecule has 1 rings (SSSR count). The number of rotatable bonds is 3. The highest BCUT2D eigenvalue weighted by atomic mass is 19.1. The number of hydrogen-bond donors (Lipinski definition) is 1. The number of hydrogen-bond acceptors (Lipinski definition) is 3. The Bertz CT molecular complexity index is 265. The molecular formula is C8H10FNO2. The minimum Gasteiger partial charge on any atom is -0.494 e. The maximum Gasteiger partial charge on any atom is 0.183 e. The van der Waals surface area contributed by atoms with Gasteiger partial charge >= 0.3 is 0 Å². The molecule has 1 aromatic rings. The van der Waals surface area contributed by atoms with E-state index in [1.165, 1.54) is 13.2 Å². The number of ether oxygens (including phenoxy) is 1. The molecule has 0 unspecified atom stereocenters. The lowest BCUT2D eigenvalue weighted by molar-refractivity contribution is 0.297. The van der Waals surface area contributed by atoms with E-state index in [9.17, 15) is 4.39 Å². The molecular weight excluding hydrogens is 161 g/mol. The molecule has 0 aliphatic rings. The van der Waals surface area contributed by atoms with Crippen molar-refractivity contribution in [2.24, 2.45) is 0 Å². The summed E-state index contributed by atoms with van der Waals surface area (Å²) in [7, 11) is 1.39. The molecule has 0 fully saturated rings. The zero-order chi connectivity index (χ0) is 8.97. The van der Waals surface area contributed by atoms with Gasteiger partial charge in [-0.1, -0.05) is 0 Å². The van der Waals surface area contributed by atoms with Crippen LogP contribution in [0.2, 0.25) is 0 Å². The number of aliphatic hydroxyl groups is 1. The van der Waals surface area contributed by atoms with E-state index < -0.39 is 5.82 Å². The third kappa shape index (κ3) is 1.92. The number of aliphatic hydroxyl groups excluding tert-OH is 1. The number of methoxy groups -OCH3 is 1. The molecule has 0 aliphatic heterocycles. The van der Waals surface area contributed by atoms with Gasteiger partial charge in [-0.15, -0.1) is 0 Å². The second-order valence-electron chi connectivity index (χ2n) is 2.28. The Morgan fingerprint density at radius 1 is 1.67 bits per heavy atom. The Morgan fingerprint density at radius 3 is 3.00 bits per heavy atom. The molecule has 0 atom stereocenters. The van der Waals surface area contributed by atoms with Crippen LogP contribution < -0.4 is 4.74 Å². The fraction of sp³-hybridized carbons (Fsp3) is 0.375. The molecule has 0 saturated carbocycles. The molecule has 0 spiro atoms. The van der Waals surface area contributed by atoms with Gasteiger partial charge in [0.25, 0.3) is 0 Å². The van der Waals surface area contributed by atoms with Crippen LogP contribution in [0.1, 0.15) is 5.69 Å². The first-order valence-electron chi connectivity index (χ1n) is 3.57. The molecule has 0 radical (unpaired) electrons. The van der Waals surface area contributed by atoms with Crippen LogP contribution in [0.25, 0.3) is 0 Å². The Balaban J connectivity index is 2.89. The summed E-state index contributed by atoms with van der Waals surface area (Å²) < 4.78 is 17.5. The lowest BCUT2D eigenvalue weighted by atomic mass is 10.2. The van der Waals surface area contributed by atoms with Gasteiger partial charge in [-0.2, -0.15) is 0 Å². The molecule has 1 heterocycles. The van der Waals surface area contributed by atoms with Crippen molar-refractivity contribution >= 4 is 0 Å². The fourth-order valence-electron chi connectivity index (χ4n) is 0.868. The molecule has 0 aliphatic carbocycles. The maximum absolute atomic E-state index is 12.8. The van der Waals surface area contributed by atoms with Crippen LogP contribution in [0, 0.1) is 5.82 Å². The first kappa shape index (κ1) is 8.93. The molecule has 0 bridgehead atoms. The van der Waals surface area contributed by atoms with Crippen LogP contribution in [0.5, 0.6) is 5.75 Å². The van der Waals surface area contributed by atoms with E-state index >= 15 is 0 Å². The summed E-state index contributed by atoms with van der Waals surface area (Å²) in [5.41, 5.74) is 0.621. The van der Waals surface area contributed by atoms with Crippen molar-refractivity contribution in [1.29, 1.82) is 0 Å². The smallest absolute Gasteiger partial charge is 0.183 e. The molecule has 0 saturated heterocycles. The average Bonchev–Trinajstić information content (AvgIpc) is 2.09. The van der Waals surface area contributed by atoms with E-state index in [0.29, 0.717) is 12.1 Å². The summed E-state index contributed by atoms with van der Waals surface area (Å²) in [4.78, 5) is 3.76. The number of aromatic nitrogens is 1. The van der Waals surface area contributed by atoms with Gasteiger partial charge < -0.3 is 9.84 Å². The van der Waals surface area contributed by atoms with Gasteiger partial charge in [0.2, 0.25) is 0 Å². The van der Waals surface area contributed by atoms with Crippen LogP contribution in [-0.2, 0) is 6.42 Å². The number of pyridine rings is 1. The van der Waals surface area contributed by atoms with Crippen molar-refractivity contribution in [1.82, 2.24) is 4.98 Å². The Kier molecular flexibility index (Phi) is 2.99. The third-order valence-corrected chi connectivity index (χ3v) is 1.46. The first-order valence-corrected chi connectivity index (χ1v) is 3.57. The molecule has 4 heteroatoms. The van der Waals surface area contributed by atoms with Gasteiger partial charge in [0, 0.05) is 24.8 Å². The normalized spacial score (nSPS) is 9.92. The van der Waals surface area contributed by atoms with Crippen LogP contribution in [0.3, 0.4) is 0 Å². The van der Waals surface area contributed by atoms with Crippen molar-refractivity contribution in [3.8, 4) is 5.75 Å². The maximum atomic E-state index is 12.8. The lowest BCUT2D eigenvalue weighted by Crippen LogP contribution is -1.97. The molecule has 1 N–H and O–H groups in total. The van der Waals surface area contributed by atoms with Gasteiger partial charge in [-0.25, -0.2) is 4.39 Å². The Hall–Kier alpha value is -1.16. The van der Waals surface area contributed by atoms with Gasteiger partial charge in [-0.3, -0.25) is 4.98 Å². The summed E-state index contributed by atoms with van der Waals surface area (Å²) in [5, 5.41) is 8.58. The van der Waals surface area contributed by atoms with Crippen molar-refractivity contribution in [2.45, 2.75) is 6.42 Å². The second kappa shape index (κ2) is 4.01. The van der Waals surface area contributed by atoms with E-state index in [-0.39, 0.29) is 12.4 Å². The minimum absolute atomic E-state index is 0.00177. The van der Waals surface area contributed by atoms with Gasteiger partial charge in [0.15, 0.2) is 11.6 Å². The van der Waals surface area contributed by atoms with E-state index in [2.05, 4.69) is 4.98 Å². The summed E-state index contributed by atoms with van der Waals surface area (Å²) in [6, 6.07) is 1.48. The quantitative estimate of drug-likeness (QED) is 0.730. The summed E-state index contributed by atoms with van der Waals surface area (Å²) in [5.74, 6) is -0.326. The van der Waals surface area contributed by atoms with Gasteiger partial charge in [0.05, 0.1) is 13.3 Å². The van der Waals surface area contributed by atoms with Crippen LogP contribution in [0.15, 0.2) is 12.3 Å². The predicted molar refractivity (Wildman–Crippen MR) is 41.5 cm³/mol. The zero-order valence-corrected chi connectivity index (χ0v) is 6.75. The van der Waals surface area contributed by atoms with Gasteiger partial charge in [0.1, 0.15) is 0 Å². The van der Waals surface area contributed by atoms with E-state index in [0.717, 1.165) is 6.20 Å². The van der Waals surface area contributed by atoms with E-state index in [1.807, 2.05) is 0 Å². The van der Waals surface area contributed by atoms with E-state index in [1.54, 1.807) is 0 Å². The number of halogens is 1. The molecule has 0 amide bonds. The standard InChI is InChI=1S/C8H10FNO2/c1-12-8-4-6(2-3-11)10-5-7(8)9/h4-5,11H,2-3H2,1H3. The van der Waals surface area contributed by atoms with Crippen molar-refractivity contribution < 1.29 is 14.2 Å². The van der Waals surface area contributed by atoms with Crippen LogP contribution in [0.4, 0.5) is 4.39 Å². The highest BCUT2D eigenvalue weighted by Gasteiger charge is 2.03. The van der Waals surface area contributed by atoms with Crippen molar-refractivity contribution in [2.75, 3.05) is 13.7 Å². The lowest BCUT2D eigenvalue weighted by Gasteiger charge is -2.02. The molecule has 0 aromatic carbocycles. The minimum atomic E-state index is -0.487. The van der Waals surface area contributed by atoms with Crippen molar-refractivity contribution in [3.63, 3.8) is 0 Å². The first-order chi connectivity index (χ1) is 5.77. The Labute approximate surface area is 69.8 Å². The van der Waals surface area contributed by atoms with E-state index in [4.69, 9.17) is 9.84 Å². The molecule has 3 nitrogen and oxygen atoms in total. The zero-order valence-electron chi connectivity index (χ0n) is 6.75. The SMILES string of the molecule is COc1cc(CCO)ncc1F. The third-order valence-electron chi connectivity index (χ3n) is 1.46. The monoisotopic (exact) mass is 171 g/mol. The predicted octanol–water partition coefficient (Wildman–Crippen LogP) is 0.764. The van der Waals surface area contributed by atoms with Crippen LogP contribution >= 0.6 is 0 Å². The summed E-state index contributed by atoms with van der Waals surface area (Å²) >= 11 is 0. The summed E-state index contributed by atoms with van der Waals surface area (Å²) in [6.07, 6.45) is 1.50. The highest BCUT2D eigenvalue weighted by Crippen LogP contribution is 2.15. The Morgan fingerprint density at radius 2 is 2.42 bits per heavy atom. The average molecular weight is 171 g/mol. The molecule has 66 valence electrons. The highest BCUT2D eigenvalue weighted by molar-refractivity contribution is 5.24. The van der Waals surface area contributed by atoms with Crippen molar-refractivity contribution in [3.05, 3.63) is 23.8 Å². The molecule has 12 heavy (non-hydrogen) atoms. The molecule has 1 aromatic heterocycles.